The molecule has 26 heavy (non-hydrogen) atoms. The van der Waals surface area contributed by atoms with Gasteiger partial charge in [-0.3, -0.25) is 4.79 Å². The van der Waals surface area contributed by atoms with E-state index >= 15 is 0 Å². The lowest BCUT2D eigenvalue weighted by atomic mass is 10.0. The van der Waals surface area contributed by atoms with Crippen molar-refractivity contribution in [3.8, 4) is 5.75 Å². The molecule has 1 atom stereocenters. The number of nitrogens with zero attached hydrogens (tertiary/aromatic N) is 2. The van der Waals surface area contributed by atoms with Gasteiger partial charge in [-0.05, 0) is 30.5 Å². The maximum atomic E-state index is 12.6. The van der Waals surface area contributed by atoms with Crippen LogP contribution in [-0.4, -0.2) is 27.6 Å². The second-order valence-corrected chi connectivity index (χ2v) is 6.78. The van der Waals surface area contributed by atoms with Crippen LogP contribution in [0.15, 0.2) is 53.3 Å². The van der Waals surface area contributed by atoms with Crippen molar-refractivity contribution in [2.75, 3.05) is 6.61 Å². The first kappa shape index (κ1) is 18.1. The van der Waals surface area contributed by atoms with Crippen molar-refractivity contribution in [2.24, 2.45) is 0 Å². The molecule has 0 fully saturated rings. The first-order valence-electron chi connectivity index (χ1n) is 8.83. The minimum atomic E-state index is -0.832. The van der Waals surface area contributed by atoms with Crippen LogP contribution < -0.4 is 10.3 Å². The van der Waals surface area contributed by atoms with E-state index in [4.69, 9.17) is 4.74 Å². The minimum Gasteiger partial charge on any atom is -0.491 e. The molecule has 0 amide bonds. The highest BCUT2D eigenvalue weighted by Gasteiger charge is 2.14. The van der Waals surface area contributed by atoms with Gasteiger partial charge >= 0.3 is 0 Å². The molecule has 1 aromatic heterocycles. The fraction of sp³-hybridized carbons (Fsp3) is 0.333. The number of hydrogen-bond donors (Lipinski definition) is 1. The quantitative estimate of drug-likeness (QED) is 0.739. The summed E-state index contributed by atoms with van der Waals surface area (Å²) in [6.45, 7) is 6.25. The molecule has 0 aliphatic heterocycles. The predicted molar refractivity (Wildman–Crippen MR) is 103 cm³/mol. The number of aliphatic hydroxyl groups is 1. The SMILES string of the molecule is Cc1nn(CC(O)COc2ccccc2C(C)C)c(=O)c2ccccc12. The number of aryl methyl sites for hydroxylation is 1. The molecule has 1 heterocycles. The molecule has 0 saturated carbocycles. The van der Waals surface area contributed by atoms with Crippen molar-refractivity contribution in [2.45, 2.75) is 39.3 Å². The number of benzene rings is 2. The molecule has 3 rings (SSSR count). The summed E-state index contributed by atoms with van der Waals surface area (Å²) in [5.74, 6) is 1.09. The standard InChI is InChI=1S/C21H24N2O3/c1-14(2)17-8-6-7-11-20(17)26-13-16(24)12-23-21(25)19-10-5-4-9-18(19)15(3)22-23/h4-11,14,16,24H,12-13H2,1-3H3. The van der Waals surface area contributed by atoms with Crippen LogP contribution in [0.1, 0.15) is 31.0 Å². The van der Waals surface area contributed by atoms with Crippen LogP contribution in [0.3, 0.4) is 0 Å². The van der Waals surface area contributed by atoms with E-state index in [2.05, 4.69) is 18.9 Å². The van der Waals surface area contributed by atoms with Crippen LogP contribution in [0.5, 0.6) is 5.75 Å². The van der Waals surface area contributed by atoms with Crippen LogP contribution in [0.25, 0.3) is 10.8 Å². The highest BCUT2D eigenvalue weighted by atomic mass is 16.5. The fourth-order valence-electron chi connectivity index (χ4n) is 3.06. The van der Waals surface area contributed by atoms with Gasteiger partial charge < -0.3 is 9.84 Å². The molecule has 0 saturated heterocycles. The molecular formula is C21H24N2O3. The van der Waals surface area contributed by atoms with Gasteiger partial charge in [0, 0.05) is 5.39 Å². The fourth-order valence-corrected chi connectivity index (χ4v) is 3.06. The molecule has 5 heteroatoms. The summed E-state index contributed by atoms with van der Waals surface area (Å²) in [5.41, 5.74) is 1.66. The lowest BCUT2D eigenvalue weighted by Crippen LogP contribution is -2.32. The van der Waals surface area contributed by atoms with E-state index in [1.807, 2.05) is 49.4 Å². The lowest BCUT2D eigenvalue weighted by Gasteiger charge is -2.17. The van der Waals surface area contributed by atoms with E-state index in [9.17, 15) is 9.90 Å². The third-order valence-corrected chi connectivity index (χ3v) is 4.41. The summed E-state index contributed by atoms with van der Waals surface area (Å²) in [7, 11) is 0. The molecule has 1 N–H and O–H groups in total. The molecule has 136 valence electrons. The number of hydrogen-bond acceptors (Lipinski definition) is 4. The molecule has 0 aliphatic carbocycles. The van der Waals surface area contributed by atoms with E-state index in [-0.39, 0.29) is 18.7 Å². The Hall–Kier alpha value is -2.66. The van der Waals surface area contributed by atoms with E-state index in [1.54, 1.807) is 6.07 Å². The van der Waals surface area contributed by atoms with E-state index in [0.29, 0.717) is 11.3 Å². The van der Waals surface area contributed by atoms with E-state index in [1.165, 1.54) is 4.68 Å². The molecule has 0 spiro atoms. The molecule has 1 unspecified atom stereocenters. The summed E-state index contributed by atoms with van der Waals surface area (Å²) in [5, 5.41) is 16.1. The van der Waals surface area contributed by atoms with Gasteiger partial charge in [-0.15, -0.1) is 0 Å². The van der Waals surface area contributed by atoms with Crippen LogP contribution in [-0.2, 0) is 6.54 Å². The average Bonchev–Trinajstić information content (AvgIpc) is 2.64. The van der Waals surface area contributed by atoms with Crippen molar-refractivity contribution in [3.05, 3.63) is 70.1 Å². The normalized spacial score (nSPS) is 12.5. The van der Waals surface area contributed by atoms with Crippen molar-refractivity contribution in [3.63, 3.8) is 0 Å². The van der Waals surface area contributed by atoms with Crippen LogP contribution in [0.4, 0.5) is 0 Å². The Morgan fingerprint density at radius 1 is 1.08 bits per heavy atom. The van der Waals surface area contributed by atoms with Crippen LogP contribution >= 0.6 is 0 Å². The van der Waals surface area contributed by atoms with Crippen molar-refractivity contribution < 1.29 is 9.84 Å². The Kier molecular flexibility index (Phi) is 5.38. The van der Waals surface area contributed by atoms with Gasteiger partial charge in [0.1, 0.15) is 18.5 Å². The zero-order chi connectivity index (χ0) is 18.7. The Bertz CT molecular complexity index is 963. The highest BCUT2D eigenvalue weighted by Crippen LogP contribution is 2.25. The molecular weight excluding hydrogens is 328 g/mol. The van der Waals surface area contributed by atoms with Crippen LogP contribution in [0.2, 0.25) is 0 Å². The summed E-state index contributed by atoms with van der Waals surface area (Å²) < 4.78 is 7.12. The Morgan fingerprint density at radius 3 is 2.46 bits per heavy atom. The van der Waals surface area contributed by atoms with Crippen LogP contribution in [0, 0.1) is 6.92 Å². The summed E-state index contributed by atoms with van der Waals surface area (Å²) in [6, 6.07) is 15.2. The maximum absolute atomic E-state index is 12.6. The van der Waals surface area contributed by atoms with Crippen molar-refractivity contribution in [1.82, 2.24) is 9.78 Å². The van der Waals surface area contributed by atoms with Gasteiger partial charge in [0.2, 0.25) is 0 Å². The first-order valence-corrected chi connectivity index (χ1v) is 8.83. The van der Waals surface area contributed by atoms with E-state index < -0.39 is 6.10 Å². The highest BCUT2D eigenvalue weighted by molar-refractivity contribution is 5.83. The first-order chi connectivity index (χ1) is 12.5. The molecule has 0 bridgehead atoms. The summed E-state index contributed by atoms with van der Waals surface area (Å²) in [6.07, 6.45) is -0.832. The second-order valence-electron chi connectivity index (χ2n) is 6.78. The Balaban J connectivity index is 1.75. The summed E-state index contributed by atoms with van der Waals surface area (Å²) in [4.78, 5) is 12.6. The lowest BCUT2D eigenvalue weighted by molar-refractivity contribution is 0.0874. The number of ether oxygens (including phenoxy) is 1. The third kappa shape index (κ3) is 3.78. The third-order valence-electron chi connectivity index (χ3n) is 4.41. The Labute approximate surface area is 152 Å². The number of para-hydroxylation sites is 1. The Morgan fingerprint density at radius 2 is 1.73 bits per heavy atom. The van der Waals surface area contributed by atoms with Gasteiger partial charge in [-0.1, -0.05) is 50.2 Å². The molecule has 3 aromatic rings. The van der Waals surface area contributed by atoms with Gasteiger partial charge in [0.05, 0.1) is 17.6 Å². The smallest absolute Gasteiger partial charge is 0.274 e. The maximum Gasteiger partial charge on any atom is 0.274 e. The summed E-state index contributed by atoms with van der Waals surface area (Å²) >= 11 is 0. The molecule has 0 radical (unpaired) electrons. The van der Waals surface area contributed by atoms with Gasteiger partial charge in [0.25, 0.3) is 5.56 Å². The number of fused-ring (bicyclic) bond motifs is 1. The predicted octanol–water partition coefficient (Wildman–Crippen LogP) is 3.27. The average molecular weight is 352 g/mol. The molecule has 2 aromatic carbocycles. The zero-order valence-corrected chi connectivity index (χ0v) is 15.3. The topological polar surface area (TPSA) is 64.3 Å². The number of aliphatic hydroxyl groups excluding tert-OH is 1. The van der Waals surface area contributed by atoms with Gasteiger partial charge in [-0.2, -0.15) is 5.10 Å². The van der Waals surface area contributed by atoms with Gasteiger partial charge in [0.15, 0.2) is 0 Å². The molecule has 0 aliphatic rings. The monoisotopic (exact) mass is 352 g/mol. The van der Waals surface area contributed by atoms with Crippen molar-refractivity contribution >= 4 is 10.8 Å². The number of rotatable bonds is 6. The number of aromatic nitrogens is 2. The largest absolute Gasteiger partial charge is 0.491 e. The minimum absolute atomic E-state index is 0.0916. The zero-order valence-electron chi connectivity index (χ0n) is 15.3. The second kappa shape index (κ2) is 7.70. The molecule has 5 nitrogen and oxygen atoms in total. The van der Waals surface area contributed by atoms with E-state index in [0.717, 1.165) is 22.4 Å². The van der Waals surface area contributed by atoms with Crippen molar-refractivity contribution in [1.29, 1.82) is 0 Å². The van der Waals surface area contributed by atoms with Gasteiger partial charge in [-0.25, -0.2) is 4.68 Å².